The molecule has 0 spiro atoms. The molecule has 1 aromatic rings. The van der Waals surface area contributed by atoms with Crippen LogP contribution in [0.15, 0.2) is 30.3 Å². The van der Waals surface area contributed by atoms with Crippen molar-refractivity contribution in [1.29, 1.82) is 0 Å². The van der Waals surface area contributed by atoms with E-state index in [2.05, 4.69) is 0 Å². The zero-order chi connectivity index (χ0) is 17.5. The molecule has 128 valence electrons. The van der Waals surface area contributed by atoms with Gasteiger partial charge in [0.05, 0.1) is 0 Å². The van der Waals surface area contributed by atoms with Gasteiger partial charge in [-0.25, -0.2) is 9.59 Å². The van der Waals surface area contributed by atoms with Crippen LogP contribution in [0.3, 0.4) is 0 Å². The van der Waals surface area contributed by atoms with Crippen molar-refractivity contribution in [2.45, 2.75) is 25.2 Å². The Labute approximate surface area is 130 Å². The molecule has 0 aliphatic carbocycles. The first kappa shape index (κ1) is 18.8. The molecule has 3 N–H and O–H groups in total. The average molecular weight is 334 g/mol. The van der Waals surface area contributed by atoms with Gasteiger partial charge < -0.3 is 20.5 Å². The monoisotopic (exact) mass is 334 g/mol. The van der Waals surface area contributed by atoms with Crippen molar-refractivity contribution in [3.63, 3.8) is 0 Å². The number of carboxylic acid groups (broad SMARTS) is 1. The van der Waals surface area contributed by atoms with Gasteiger partial charge >= 0.3 is 18.2 Å². The summed E-state index contributed by atoms with van der Waals surface area (Å²) in [4.78, 5) is 22.2. The number of ether oxygens (including phenoxy) is 1. The number of amides is 1. The number of hydrogen-bond donors (Lipinski definition) is 2. The van der Waals surface area contributed by atoms with E-state index in [1.165, 1.54) is 0 Å². The van der Waals surface area contributed by atoms with Gasteiger partial charge in [-0.15, -0.1) is 0 Å². The summed E-state index contributed by atoms with van der Waals surface area (Å²) in [5, 5.41) is 7.12. The van der Waals surface area contributed by atoms with Crippen LogP contribution in [-0.2, 0) is 16.1 Å². The van der Waals surface area contributed by atoms with Crippen LogP contribution >= 0.6 is 0 Å². The Hall–Kier alpha value is -2.29. The number of aliphatic carboxylic acids is 1. The van der Waals surface area contributed by atoms with E-state index in [4.69, 9.17) is 20.4 Å². The number of nitrogens with two attached hydrogens (primary N) is 1. The van der Waals surface area contributed by atoms with Gasteiger partial charge in [-0.3, -0.25) is 0 Å². The van der Waals surface area contributed by atoms with E-state index in [0.717, 1.165) is 12.0 Å². The Morgan fingerprint density at radius 2 is 1.87 bits per heavy atom. The molecule has 6 nitrogen and oxygen atoms in total. The minimum Gasteiger partial charge on any atom is -0.475 e. The summed E-state index contributed by atoms with van der Waals surface area (Å²) in [7, 11) is 0. The van der Waals surface area contributed by atoms with E-state index in [1.807, 2.05) is 30.3 Å². The van der Waals surface area contributed by atoms with Crippen LogP contribution in [0, 0.1) is 0 Å². The number of halogens is 3. The summed E-state index contributed by atoms with van der Waals surface area (Å²) in [6, 6.07) is 9.75. The van der Waals surface area contributed by atoms with Crippen molar-refractivity contribution in [1.82, 2.24) is 4.90 Å². The maximum atomic E-state index is 11.6. The van der Waals surface area contributed by atoms with E-state index in [1.54, 1.807) is 4.90 Å². The molecule has 2 rings (SSSR count). The highest BCUT2D eigenvalue weighted by Crippen LogP contribution is 2.13. The molecule has 0 saturated carbocycles. The minimum atomic E-state index is -5.08. The number of carbonyl (C=O) groups is 2. The number of hydrogen-bond acceptors (Lipinski definition) is 4. The second-order valence-electron chi connectivity index (χ2n) is 4.84. The van der Waals surface area contributed by atoms with E-state index in [0.29, 0.717) is 19.7 Å². The van der Waals surface area contributed by atoms with Crippen LogP contribution in [-0.4, -0.2) is 47.4 Å². The van der Waals surface area contributed by atoms with Gasteiger partial charge in [-0.2, -0.15) is 13.2 Å². The summed E-state index contributed by atoms with van der Waals surface area (Å²) in [6.07, 6.45) is -4.49. The smallest absolute Gasteiger partial charge is 0.475 e. The first-order valence-electron chi connectivity index (χ1n) is 6.71. The third kappa shape index (κ3) is 7.00. The lowest BCUT2D eigenvalue weighted by atomic mass is 10.2. The molecule has 1 aliphatic heterocycles. The second-order valence-corrected chi connectivity index (χ2v) is 4.84. The average Bonchev–Trinajstić information content (AvgIpc) is 2.92. The highest BCUT2D eigenvalue weighted by atomic mass is 19.4. The molecule has 23 heavy (non-hydrogen) atoms. The minimum absolute atomic E-state index is 0.101. The molecule has 1 aliphatic rings. The second kappa shape index (κ2) is 8.37. The Morgan fingerprint density at radius 1 is 1.30 bits per heavy atom. The van der Waals surface area contributed by atoms with Crippen molar-refractivity contribution in [2.75, 3.05) is 13.1 Å². The number of alkyl halides is 3. The van der Waals surface area contributed by atoms with E-state index >= 15 is 0 Å². The number of rotatable bonds is 2. The lowest BCUT2D eigenvalue weighted by Crippen LogP contribution is -2.32. The molecular formula is C14H17F3N2O4. The molecule has 0 bridgehead atoms. The van der Waals surface area contributed by atoms with E-state index in [-0.39, 0.29) is 12.1 Å². The first-order chi connectivity index (χ1) is 10.7. The van der Waals surface area contributed by atoms with Gasteiger partial charge in [0.15, 0.2) is 0 Å². The molecule has 1 amide bonds. The summed E-state index contributed by atoms with van der Waals surface area (Å²) in [6.45, 7) is 1.63. The fourth-order valence-corrected chi connectivity index (χ4v) is 1.76. The van der Waals surface area contributed by atoms with Crippen molar-refractivity contribution >= 4 is 12.1 Å². The molecule has 9 heteroatoms. The van der Waals surface area contributed by atoms with Crippen LogP contribution < -0.4 is 5.73 Å². The number of benzene rings is 1. The van der Waals surface area contributed by atoms with Crippen LogP contribution in [0.2, 0.25) is 0 Å². The normalized spacial score (nSPS) is 17.2. The Balaban J connectivity index is 0.000000322. The van der Waals surface area contributed by atoms with Crippen molar-refractivity contribution < 1.29 is 32.6 Å². The SMILES string of the molecule is NC1CCN(C(=O)OCc2ccccc2)C1.O=C(O)C(F)(F)F. The molecule has 1 heterocycles. The summed E-state index contributed by atoms with van der Waals surface area (Å²) in [5.41, 5.74) is 6.72. The number of nitrogens with zero attached hydrogens (tertiary/aromatic N) is 1. The summed E-state index contributed by atoms with van der Waals surface area (Å²) >= 11 is 0. The number of likely N-dealkylation sites (tertiary alicyclic amines) is 1. The first-order valence-corrected chi connectivity index (χ1v) is 6.71. The number of carbonyl (C=O) groups excluding carboxylic acids is 1. The molecule has 1 fully saturated rings. The van der Waals surface area contributed by atoms with E-state index < -0.39 is 12.1 Å². The largest absolute Gasteiger partial charge is 0.490 e. The van der Waals surface area contributed by atoms with Crippen molar-refractivity contribution in [3.05, 3.63) is 35.9 Å². The Bertz CT molecular complexity index is 523. The predicted molar refractivity (Wildman–Crippen MR) is 74.5 cm³/mol. The van der Waals surface area contributed by atoms with Gasteiger partial charge in [0.2, 0.25) is 0 Å². The van der Waals surface area contributed by atoms with Gasteiger partial charge in [-0.1, -0.05) is 30.3 Å². The predicted octanol–water partition coefficient (Wildman–Crippen LogP) is 1.99. The maximum absolute atomic E-state index is 11.6. The van der Waals surface area contributed by atoms with Gasteiger partial charge in [0.25, 0.3) is 0 Å². The molecule has 1 saturated heterocycles. The zero-order valence-corrected chi connectivity index (χ0v) is 12.1. The summed E-state index contributed by atoms with van der Waals surface area (Å²) < 4.78 is 36.9. The van der Waals surface area contributed by atoms with Crippen LogP contribution in [0.25, 0.3) is 0 Å². The summed E-state index contributed by atoms with van der Waals surface area (Å²) in [5.74, 6) is -2.76. The zero-order valence-electron chi connectivity index (χ0n) is 12.1. The van der Waals surface area contributed by atoms with Gasteiger partial charge in [-0.05, 0) is 12.0 Å². The fraction of sp³-hybridized carbons (Fsp3) is 0.429. The third-order valence-corrected chi connectivity index (χ3v) is 2.93. The van der Waals surface area contributed by atoms with Crippen LogP contribution in [0.5, 0.6) is 0 Å². The molecule has 0 aromatic heterocycles. The Morgan fingerprint density at radius 3 is 2.30 bits per heavy atom. The molecule has 1 atom stereocenters. The standard InChI is InChI=1S/C12H16N2O2.C2HF3O2/c13-11-6-7-14(8-11)12(15)16-9-10-4-2-1-3-5-10;3-2(4,5)1(6)7/h1-5,11H,6-9,13H2;(H,6,7). The maximum Gasteiger partial charge on any atom is 0.490 e. The van der Waals surface area contributed by atoms with E-state index in [9.17, 15) is 18.0 Å². The molecule has 1 aromatic carbocycles. The highest BCUT2D eigenvalue weighted by molar-refractivity contribution is 5.73. The van der Waals surface area contributed by atoms with Gasteiger partial charge in [0, 0.05) is 19.1 Å². The quantitative estimate of drug-likeness (QED) is 0.863. The molecule has 0 radical (unpaired) electrons. The number of carboxylic acids is 1. The van der Waals surface area contributed by atoms with Crippen molar-refractivity contribution in [2.24, 2.45) is 5.73 Å². The third-order valence-electron chi connectivity index (χ3n) is 2.93. The van der Waals surface area contributed by atoms with Crippen LogP contribution in [0.1, 0.15) is 12.0 Å². The fourth-order valence-electron chi connectivity index (χ4n) is 1.76. The van der Waals surface area contributed by atoms with Gasteiger partial charge in [0.1, 0.15) is 6.61 Å². The van der Waals surface area contributed by atoms with Crippen LogP contribution in [0.4, 0.5) is 18.0 Å². The molecule has 1 unspecified atom stereocenters. The lowest BCUT2D eigenvalue weighted by Gasteiger charge is -2.15. The Kier molecular flexibility index (Phi) is 6.83. The highest BCUT2D eigenvalue weighted by Gasteiger charge is 2.38. The topological polar surface area (TPSA) is 92.9 Å². The van der Waals surface area contributed by atoms with Crippen molar-refractivity contribution in [3.8, 4) is 0 Å². The molecular weight excluding hydrogens is 317 g/mol. The lowest BCUT2D eigenvalue weighted by molar-refractivity contribution is -0.192.